The molecule has 188 valence electrons. The van der Waals surface area contributed by atoms with Gasteiger partial charge in [-0.3, -0.25) is 0 Å². The summed E-state index contributed by atoms with van der Waals surface area (Å²) < 4.78 is 29.5. The zero-order valence-electron chi connectivity index (χ0n) is 20.4. The van der Waals surface area contributed by atoms with E-state index in [1.807, 2.05) is 30.3 Å². The SMILES string of the molecule is CC(C)CCc1nc(N2CCN(S(=O)(=O)c3ccccc3)CC2)c2cnn(-c3cccc(Cl)c3)c2n1. The quantitative estimate of drug-likeness (QED) is 0.352. The molecule has 2 aromatic carbocycles. The molecule has 1 aliphatic rings. The summed E-state index contributed by atoms with van der Waals surface area (Å²) in [5, 5.41) is 6.08. The van der Waals surface area contributed by atoms with Gasteiger partial charge in [-0.15, -0.1) is 0 Å². The first-order valence-corrected chi connectivity index (χ1v) is 14.0. The van der Waals surface area contributed by atoms with Crippen LogP contribution in [0.4, 0.5) is 5.82 Å². The van der Waals surface area contributed by atoms with Crippen molar-refractivity contribution in [3.8, 4) is 5.69 Å². The van der Waals surface area contributed by atoms with Gasteiger partial charge in [0, 0.05) is 37.6 Å². The summed E-state index contributed by atoms with van der Waals surface area (Å²) in [6, 6.07) is 16.1. The Balaban J connectivity index is 1.47. The Morgan fingerprint density at radius 2 is 1.72 bits per heavy atom. The highest BCUT2D eigenvalue weighted by Crippen LogP contribution is 2.29. The van der Waals surface area contributed by atoms with Crippen molar-refractivity contribution in [2.45, 2.75) is 31.6 Å². The van der Waals surface area contributed by atoms with E-state index in [2.05, 4.69) is 23.8 Å². The molecule has 10 heteroatoms. The second-order valence-corrected chi connectivity index (χ2v) is 11.7. The van der Waals surface area contributed by atoms with Crippen LogP contribution in [-0.4, -0.2) is 58.7 Å². The minimum atomic E-state index is -3.53. The highest BCUT2D eigenvalue weighted by molar-refractivity contribution is 7.89. The summed E-state index contributed by atoms with van der Waals surface area (Å²) in [6.07, 6.45) is 3.51. The van der Waals surface area contributed by atoms with Crippen LogP contribution in [0.25, 0.3) is 16.7 Å². The first-order chi connectivity index (χ1) is 17.3. The highest BCUT2D eigenvalue weighted by Gasteiger charge is 2.30. The van der Waals surface area contributed by atoms with E-state index in [1.165, 1.54) is 0 Å². The number of nitrogens with zero attached hydrogens (tertiary/aromatic N) is 6. The second-order valence-electron chi connectivity index (χ2n) is 9.37. The normalized spacial score (nSPS) is 15.2. The van der Waals surface area contributed by atoms with Crippen LogP contribution in [0.1, 0.15) is 26.1 Å². The van der Waals surface area contributed by atoms with Gasteiger partial charge in [0.15, 0.2) is 5.65 Å². The molecule has 3 heterocycles. The van der Waals surface area contributed by atoms with Crippen molar-refractivity contribution in [1.82, 2.24) is 24.1 Å². The van der Waals surface area contributed by atoms with E-state index in [9.17, 15) is 8.42 Å². The van der Waals surface area contributed by atoms with Gasteiger partial charge >= 0.3 is 0 Å². The number of benzene rings is 2. The molecule has 0 N–H and O–H groups in total. The van der Waals surface area contributed by atoms with Gasteiger partial charge in [0.05, 0.1) is 22.2 Å². The molecular formula is C26H29ClN6O2S. The molecular weight excluding hydrogens is 496 g/mol. The third-order valence-electron chi connectivity index (χ3n) is 6.37. The maximum Gasteiger partial charge on any atom is 0.243 e. The number of hydrogen-bond acceptors (Lipinski definition) is 6. The van der Waals surface area contributed by atoms with Crippen LogP contribution in [-0.2, 0) is 16.4 Å². The summed E-state index contributed by atoms with van der Waals surface area (Å²) in [5.74, 6) is 2.08. The van der Waals surface area contributed by atoms with E-state index < -0.39 is 10.0 Å². The van der Waals surface area contributed by atoms with Crippen LogP contribution in [0.5, 0.6) is 0 Å². The fourth-order valence-corrected chi connectivity index (χ4v) is 6.01. The molecule has 0 unspecified atom stereocenters. The smallest absolute Gasteiger partial charge is 0.243 e. The van der Waals surface area contributed by atoms with Crippen molar-refractivity contribution in [1.29, 1.82) is 0 Å². The minimum absolute atomic E-state index is 0.321. The molecule has 36 heavy (non-hydrogen) atoms. The van der Waals surface area contributed by atoms with E-state index in [4.69, 9.17) is 21.6 Å². The summed E-state index contributed by atoms with van der Waals surface area (Å²) in [4.78, 5) is 12.3. The van der Waals surface area contributed by atoms with E-state index in [0.717, 1.165) is 41.2 Å². The predicted octanol–water partition coefficient (Wildman–Crippen LogP) is 4.57. The summed E-state index contributed by atoms with van der Waals surface area (Å²) in [7, 11) is -3.53. The van der Waals surface area contributed by atoms with Crippen molar-refractivity contribution in [3.63, 3.8) is 0 Å². The predicted molar refractivity (Wildman–Crippen MR) is 142 cm³/mol. The Kier molecular flexibility index (Phi) is 6.96. The molecule has 5 rings (SSSR count). The fourth-order valence-electron chi connectivity index (χ4n) is 4.39. The average molecular weight is 525 g/mol. The first kappa shape index (κ1) is 24.7. The number of aromatic nitrogens is 4. The van der Waals surface area contributed by atoms with Gasteiger partial charge in [-0.1, -0.05) is 49.7 Å². The van der Waals surface area contributed by atoms with Gasteiger partial charge < -0.3 is 4.90 Å². The van der Waals surface area contributed by atoms with Gasteiger partial charge in [0.2, 0.25) is 10.0 Å². The van der Waals surface area contributed by atoms with E-state index in [0.29, 0.717) is 42.0 Å². The molecule has 0 amide bonds. The molecule has 0 bridgehead atoms. The maximum absolute atomic E-state index is 13.1. The van der Waals surface area contributed by atoms with Gasteiger partial charge in [0.1, 0.15) is 11.6 Å². The molecule has 1 aliphatic heterocycles. The summed E-state index contributed by atoms with van der Waals surface area (Å²) in [6.45, 7) is 6.19. The molecule has 0 saturated carbocycles. The van der Waals surface area contributed by atoms with Crippen LogP contribution < -0.4 is 4.90 Å². The topological polar surface area (TPSA) is 84.2 Å². The molecule has 0 atom stereocenters. The lowest BCUT2D eigenvalue weighted by Crippen LogP contribution is -2.49. The molecule has 0 radical (unpaired) electrons. The lowest BCUT2D eigenvalue weighted by atomic mass is 10.1. The zero-order valence-corrected chi connectivity index (χ0v) is 22.0. The molecule has 4 aromatic rings. The number of rotatable bonds is 7. The average Bonchev–Trinajstić information content (AvgIpc) is 3.32. The Morgan fingerprint density at radius 3 is 2.42 bits per heavy atom. The van der Waals surface area contributed by atoms with Gasteiger partial charge in [-0.05, 0) is 42.7 Å². The van der Waals surface area contributed by atoms with Gasteiger partial charge in [0.25, 0.3) is 0 Å². The molecule has 0 aliphatic carbocycles. The van der Waals surface area contributed by atoms with Crippen molar-refractivity contribution >= 4 is 38.5 Å². The van der Waals surface area contributed by atoms with Gasteiger partial charge in [-0.2, -0.15) is 9.40 Å². The van der Waals surface area contributed by atoms with E-state index in [1.54, 1.807) is 39.4 Å². The first-order valence-electron chi connectivity index (χ1n) is 12.1. The summed E-state index contributed by atoms with van der Waals surface area (Å²) >= 11 is 6.24. The number of aryl methyl sites for hydroxylation is 1. The van der Waals surface area contributed by atoms with Gasteiger partial charge in [-0.25, -0.2) is 23.1 Å². The standard InChI is InChI=1S/C26H29ClN6O2S/c1-19(2)11-12-24-29-25(23-18-28-33(26(23)30-24)21-8-6-7-20(27)17-21)31-13-15-32(16-14-31)36(34,35)22-9-4-3-5-10-22/h3-10,17-19H,11-16H2,1-2H3. The van der Waals surface area contributed by atoms with Crippen molar-refractivity contribution < 1.29 is 8.42 Å². The van der Waals surface area contributed by atoms with E-state index in [-0.39, 0.29) is 0 Å². The summed E-state index contributed by atoms with van der Waals surface area (Å²) in [5.41, 5.74) is 1.55. The molecule has 1 fully saturated rings. The van der Waals surface area contributed by atoms with Crippen LogP contribution in [0, 0.1) is 5.92 Å². The number of fused-ring (bicyclic) bond motifs is 1. The third kappa shape index (κ3) is 4.96. The number of halogens is 1. The maximum atomic E-state index is 13.1. The van der Waals surface area contributed by atoms with Crippen LogP contribution in [0.2, 0.25) is 5.02 Å². The van der Waals surface area contributed by atoms with Crippen molar-refractivity contribution in [2.24, 2.45) is 5.92 Å². The third-order valence-corrected chi connectivity index (χ3v) is 8.52. The molecule has 2 aromatic heterocycles. The largest absolute Gasteiger partial charge is 0.353 e. The van der Waals surface area contributed by atoms with Crippen LogP contribution in [0.3, 0.4) is 0 Å². The monoisotopic (exact) mass is 524 g/mol. The molecule has 0 spiro atoms. The Hall–Kier alpha value is -3.01. The number of hydrogen-bond donors (Lipinski definition) is 0. The lowest BCUT2D eigenvalue weighted by Gasteiger charge is -2.35. The van der Waals surface area contributed by atoms with Crippen LogP contribution >= 0.6 is 11.6 Å². The van der Waals surface area contributed by atoms with E-state index >= 15 is 0 Å². The Labute approximate surface area is 216 Å². The Bertz CT molecular complexity index is 1460. The lowest BCUT2D eigenvalue weighted by molar-refractivity contribution is 0.384. The zero-order chi connectivity index (χ0) is 25.3. The highest BCUT2D eigenvalue weighted by atomic mass is 35.5. The van der Waals surface area contributed by atoms with Crippen molar-refractivity contribution in [2.75, 3.05) is 31.1 Å². The van der Waals surface area contributed by atoms with Crippen LogP contribution in [0.15, 0.2) is 65.7 Å². The molecule has 1 saturated heterocycles. The number of sulfonamides is 1. The fraction of sp³-hybridized carbons (Fsp3) is 0.346. The van der Waals surface area contributed by atoms with Crippen molar-refractivity contribution in [3.05, 3.63) is 71.6 Å². The Morgan fingerprint density at radius 1 is 0.972 bits per heavy atom. The second kappa shape index (κ2) is 10.2. The number of piperazine rings is 1. The minimum Gasteiger partial charge on any atom is -0.353 e. The number of anilines is 1. The molecule has 8 nitrogen and oxygen atoms in total.